The fraction of sp³-hybridized carbons (Fsp3) is 0.286. The fourth-order valence-corrected chi connectivity index (χ4v) is 2.22. The fourth-order valence-electron chi connectivity index (χ4n) is 1.76. The Balaban J connectivity index is 1.89. The van der Waals surface area contributed by atoms with Crippen molar-refractivity contribution in [1.82, 2.24) is 14.7 Å². The molecule has 0 aliphatic heterocycles. The summed E-state index contributed by atoms with van der Waals surface area (Å²) in [6.07, 6.45) is 3.58. The van der Waals surface area contributed by atoms with Crippen LogP contribution in [0.1, 0.15) is 5.56 Å². The van der Waals surface area contributed by atoms with E-state index in [0.29, 0.717) is 22.3 Å². The van der Waals surface area contributed by atoms with Crippen molar-refractivity contribution in [2.75, 3.05) is 13.7 Å². The van der Waals surface area contributed by atoms with Gasteiger partial charge in [-0.3, -0.25) is 9.48 Å². The molecule has 21 heavy (non-hydrogen) atoms. The standard InChI is InChI=1S/C14H15Cl2N3O2/c1-18(7-10-6-17-19(2)8-10)14(20)9-21-13-4-3-11(15)5-12(13)16/h3-6,8H,7,9H2,1-2H3. The third-order valence-electron chi connectivity index (χ3n) is 2.85. The molecule has 0 aliphatic rings. The first-order chi connectivity index (χ1) is 9.95. The Hall–Kier alpha value is -1.72. The van der Waals surface area contributed by atoms with Crippen LogP contribution in [0.15, 0.2) is 30.6 Å². The Morgan fingerprint density at radius 1 is 1.43 bits per heavy atom. The second kappa shape index (κ2) is 6.83. The number of carbonyl (C=O) groups excluding carboxylic acids is 1. The molecule has 0 fully saturated rings. The van der Waals surface area contributed by atoms with E-state index in [0.717, 1.165) is 5.56 Å². The van der Waals surface area contributed by atoms with Crippen LogP contribution in [0.5, 0.6) is 5.75 Å². The first kappa shape index (κ1) is 15.7. The maximum atomic E-state index is 12.0. The maximum absolute atomic E-state index is 12.0. The highest BCUT2D eigenvalue weighted by molar-refractivity contribution is 6.35. The number of amides is 1. The van der Waals surface area contributed by atoms with Crippen LogP contribution in [-0.4, -0.2) is 34.2 Å². The van der Waals surface area contributed by atoms with E-state index in [-0.39, 0.29) is 12.5 Å². The first-order valence-electron chi connectivity index (χ1n) is 6.25. The molecule has 7 heteroatoms. The number of benzene rings is 1. The molecule has 0 radical (unpaired) electrons. The number of rotatable bonds is 5. The van der Waals surface area contributed by atoms with Crippen LogP contribution in [0, 0.1) is 0 Å². The lowest BCUT2D eigenvalue weighted by atomic mass is 10.3. The molecule has 2 rings (SSSR count). The number of aromatic nitrogens is 2. The molecular formula is C14H15Cl2N3O2. The van der Waals surface area contributed by atoms with Crippen molar-refractivity contribution in [2.24, 2.45) is 7.05 Å². The average molecular weight is 328 g/mol. The first-order valence-corrected chi connectivity index (χ1v) is 7.00. The molecule has 0 saturated heterocycles. The predicted molar refractivity (Wildman–Crippen MR) is 81.6 cm³/mol. The quantitative estimate of drug-likeness (QED) is 0.848. The van der Waals surface area contributed by atoms with Crippen LogP contribution in [0.3, 0.4) is 0 Å². The van der Waals surface area contributed by atoms with E-state index in [2.05, 4.69) is 5.10 Å². The summed E-state index contributed by atoms with van der Waals surface area (Å²) in [4.78, 5) is 13.6. The Labute approximate surface area is 133 Å². The third-order valence-corrected chi connectivity index (χ3v) is 3.38. The Morgan fingerprint density at radius 2 is 2.19 bits per heavy atom. The van der Waals surface area contributed by atoms with Gasteiger partial charge in [-0.15, -0.1) is 0 Å². The lowest BCUT2D eigenvalue weighted by Crippen LogP contribution is -2.30. The predicted octanol–water partition coefficient (Wildman–Crippen LogP) is 2.76. The zero-order valence-corrected chi connectivity index (χ0v) is 13.2. The molecule has 1 aromatic heterocycles. The van der Waals surface area contributed by atoms with Crippen molar-refractivity contribution in [3.8, 4) is 5.75 Å². The molecule has 1 heterocycles. The summed E-state index contributed by atoms with van der Waals surface area (Å²) < 4.78 is 7.11. The summed E-state index contributed by atoms with van der Waals surface area (Å²) in [7, 11) is 3.54. The zero-order valence-electron chi connectivity index (χ0n) is 11.7. The van der Waals surface area contributed by atoms with Gasteiger partial charge in [-0.25, -0.2) is 0 Å². The van der Waals surface area contributed by atoms with E-state index < -0.39 is 0 Å². The summed E-state index contributed by atoms with van der Waals surface area (Å²) in [6.45, 7) is 0.391. The van der Waals surface area contributed by atoms with Gasteiger partial charge in [0.2, 0.25) is 0 Å². The number of hydrogen-bond acceptors (Lipinski definition) is 3. The van der Waals surface area contributed by atoms with Gasteiger partial charge in [-0.1, -0.05) is 23.2 Å². The largest absolute Gasteiger partial charge is 0.482 e. The van der Waals surface area contributed by atoms with Gasteiger partial charge in [-0.2, -0.15) is 5.10 Å². The van der Waals surface area contributed by atoms with Crippen molar-refractivity contribution in [1.29, 1.82) is 0 Å². The number of hydrogen-bond donors (Lipinski definition) is 0. The summed E-state index contributed by atoms with van der Waals surface area (Å²) in [6, 6.07) is 4.87. The van der Waals surface area contributed by atoms with Gasteiger partial charge in [0, 0.05) is 37.4 Å². The number of aryl methyl sites for hydroxylation is 1. The lowest BCUT2D eigenvalue weighted by Gasteiger charge is -2.17. The van der Waals surface area contributed by atoms with Gasteiger partial charge in [-0.05, 0) is 18.2 Å². The van der Waals surface area contributed by atoms with Crippen molar-refractivity contribution < 1.29 is 9.53 Å². The van der Waals surface area contributed by atoms with Crippen LogP contribution >= 0.6 is 23.2 Å². The molecule has 1 aromatic carbocycles. The van der Waals surface area contributed by atoms with Crippen LogP contribution in [0.25, 0.3) is 0 Å². The van der Waals surface area contributed by atoms with E-state index in [9.17, 15) is 4.79 Å². The highest BCUT2D eigenvalue weighted by Crippen LogP contribution is 2.27. The average Bonchev–Trinajstić information content (AvgIpc) is 2.82. The molecule has 0 spiro atoms. The Kier molecular flexibility index (Phi) is 5.09. The van der Waals surface area contributed by atoms with E-state index in [1.165, 1.54) is 0 Å². The molecule has 0 saturated carbocycles. The van der Waals surface area contributed by atoms with E-state index in [1.54, 1.807) is 41.0 Å². The van der Waals surface area contributed by atoms with E-state index >= 15 is 0 Å². The maximum Gasteiger partial charge on any atom is 0.260 e. The highest BCUT2D eigenvalue weighted by Gasteiger charge is 2.12. The molecule has 112 valence electrons. The third kappa shape index (κ3) is 4.37. The van der Waals surface area contributed by atoms with Crippen LogP contribution in [0.4, 0.5) is 0 Å². The molecule has 2 aromatic rings. The smallest absolute Gasteiger partial charge is 0.260 e. The summed E-state index contributed by atoms with van der Waals surface area (Å²) in [5, 5.41) is 4.96. The van der Waals surface area contributed by atoms with Gasteiger partial charge in [0.05, 0.1) is 11.2 Å². The SMILES string of the molecule is CN(Cc1cnn(C)c1)C(=O)COc1ccc(Cl)cc1Cl. The van der Waals surface area contributed by atoms with Gasteiger partial charge in [0.25, 0.3) is 5.91 Å². The molecule has 1 amide bonds. The molecule has 0 aliphatic carbocycles. The molecule has 0 bridgehead atoms. The van der Waals surface area contributed by atoms with Crippen LogP contribution < -0.4 is 4.74 Å². The number of nitrogens with zero attached hydrogens (tertiary/aromatic N) is 3. The minimum atomic E-state index is -0.148. The van der Waals surface area contributed by atoms with Crippen molar-refractivity contribution >= 4 is 29.1 Å². The molecule has 0 atom stereocenters. The van der Waals surface area contributed by atoms with Crippen molar-refractivity contribution in [3.05, 3.63) is 46.2 Å². The molecule has 5 nitrogen and oxygen atoms in total. The van der Waals surface area contributed by atoms with Gasteiger partial charge >= 0.3 is 0 Å². The summed E-state index contributed by atoms with van der Waals surface area (Å²) in [5.74, 6) is 0.286. The van der Waals surface area contributed by atoms with Crippen LogP contribution in [-0.2, 0) is 18.4 Å². The molecular weight excluding hydrogens is 313 g/mol. The topological polar surface area (TPSA) is 47.4 Å². The number of likely N-dealkylation sites (N-methyl/N-ethyl adjacent to an activating group) is 1. The zero-order chi connectivity index (χ0) is 15.4. The van der Waals surface area contributed by atoms with Gasteiger partial charge in [0.15, 0.2) is 6.61 Å². The summed E-state index contributed by atoms with van der Waals surface area (Å²) >= 11 is 11.8. The minimum absolute atomic E-state index is 0.0852. The normalized spacial score (nSPS) is 10.5. The lowest BCUT2D eigenvalue weighted by molar-refractivity contribution is -0.132. The van der Waals surface area contributed by atoms with Gasteiger partial charge < -0.3 is 9.64 Å². The van der Waals surface area contributed by atoms with E-state index in [1.807, 2.05) is 13.2 Å². The molecule has 0 unspecified atom stereocenters. The minimum Gasteiger partial charge on any atom is -0.482 e. The number of ether oxygens (including phenoxy) is 1. The monoisotopic (exact) mass is 327 g/mol. The van der Waals surface area contributed by atoms with E-state index in [4.69, 9.17) is 27.9 Å². The second-order valence-electron chi connectivity index (χ2n) is 4.64. The second-order valence-corrected chi connectivity index (χ2v) is 5.48. The van der Waals surface area contributed by atoms with Crippen molar-refractivity contribution in [2.45, 2.75) is 6.54 Å². The highest BCUT2D eigenvalue weighted by atomic mass is 35.5. The summed E-state index contributed by atoms with van der Waals surface area (Å²) in [5.41, 5.74) is 0.956. The number of carbonyl (C=O) groups is 1. The molecule has 0 N–H and O–H groups in total. The Bertz CT molecular complexity index is 643. The Morgan fingerprint density at radius 3 is 2.81 bits per heavy atom. The van der Waals surface area contributed by atoms with Gasteiger partial charge in [0.1, 0.15) is 5.75 Å². The van der Waals surface area contributed by atoms with Crippen molar-refractivity contribution in [3.63, 3.8) is 0 Å². The number of halogens is 2. The van der Waals surface area contributed by atoms with Crippen LogP contribution in [0.2, 0.25) is 10.0 Å².